The maximum atomic E-state index is 10.7. The van der Waals surface area contributed by atoms with Crippen LogP contribution in [0.2, 0.25) is 0 Å². The van der Waals surface area contributed by atoms with Gasteiger partial charge >= 0.3 is 6.09 Å². The van der Waals surface area contributed by atoms with E-state index in [0.717, 1.165) is 12.1 Å². The van der Waals surface area contributed by atoms with Crippen molar-refractivity contribution in [3.05, 3.63) is 32.8 Å². The first-order chi connectivity index (χ1) is 8.97. The number of carboxylic acid groups (broad SMARTS) is 1. The standard InChI is InChI=1S/C11H12BrN3O4/c12-9-5-8(15(18)19)1-2-10(9)14-4-3-7(6-14)13-11(16)17/h1-2,5,7,13H,3-4,6H2,(H,16,17). The van der Waals surface area contributed by atoms with Gasteiger partial charge < -0.3 is 15.3 Å². The number of nitrogens with zero attached hydrogens (tertiary/aromatic N) is 2. The van der Waals surface area contributed by atoms with Gasteiger partial charge in [-0.25, -0.2) is 4.79 Å². The first kappa shape index (κ1) is 13.6. The molecule has 0 aromatic heterocycles. The third kappa shape index (κ3) is 3.14. The summed E-state index contributed by atoms with van der Waals surface area (Å²) in [6, 6.07) is 4.45. The lowest BCUT2D eigenvalue weighted by atomic mass is 10.2. The third-order valence-corrected chi connectivity index (χ3v) is 3.63. The zero-order valence-electron chi connectivity index (χ0n) is 9.88. The Labute approximate surface area is 117 Å². The second-order valence-electron chi connectivity index (χ2n) is 4.27. The second-order valence-corrected chi connectivity index (χ2v) is 5.13. The van der Waals surface area contributed by atoms with Gasteiger partial charge in [-0.2, -0.15) is 0 Å². The van der Waals surface area contributed by atoms with Crippen LogP contribution in [0.4, 0.5) is 16.2 Å². The highest BCUT2D eigenvalue weighted by Crippen LogP contribution is 2.32. The summed E-state index contributed by atoms with van der Waals surface area (Å²) in [7, 11) is 0. The SMILES string of the molecule is O=C(O)NC1CCN(c2ccc([N+](=O)[O-])cc2Br)C1. The Bertz CT molecular complexity index is 523. The number of nitro benzene ring substituents is 1. The lowest BCUT2D eigenvalue weighted by molar-refractivity contribution is -0.384. The van der Waals surface area contributed by atoms with Crippen LogP contribution in [0.3, 0.4) is 0 Å². The first-order valence-electron chi connectivity index (χ1n) is 5.65. The molecular weight excluding hydrogens is 318 g/mol. The van der Waals surface area contributed by atoms with Gasteiger partial charge in [0.1, 0.15) is 0 Å². The minimum Gasteiger partial charge on any atom is -0.465 e. The predicted molar refractivity (Wildman–Crippen MR) is 72.6 cm³/mol. The molecule has 1 unspecified atom stereocenters. The zero-order chi connectivity index (χ0) is 14.0. The van der Waals surface area contributed by atoms with Crippen LogP contribution in [0.1, 0.15) is 6.42 Å². The van der Waals surface area contributed by atoms with E-state index in [9.17, 15) is 14.9 Å². The van der Waals surface area contributed by atoms with Crippen LogP contribution in [0.5, 0.6) is 0 Å². The fourth-order valence-corrected chi connectivity index (χ4v) is 2.75. The molecule has 1 fully saturated rings. The van der Waals surface area contributed by atoms with E-state index in [1.807, 2.05) is 4.90 Å². The highest BCUT2D eigenvalue weighted by Gasteiger charge is 2.25. The molecule has 0 spiro atoms. The normalized spacial score (nSPS) is 18.4. The molecule has 19 heavy (non-hydrogen) atoms. The van der Waals surface area contributed by atoms with Gasteiger partial charge in [0.15, 0.2) is 0 Å². The number of halogens is 1. The van der Waals surface area contributed by atoms with Crippen LogP contribution < -0.4 is 10.2 Å². The van der Waals surface area contributed by atoms with Crippen molar-refractivity contribution >= 4 is 33.4 Å². The van der Waals surface area contributed by atoms with Crippen molar-refractivity contribution in [2.75, 3.05) is 18.0 Å². The van der Waals surface area contributed by atoms with Crippen LogP contribution >= 0.6 is 15.9 Å². The summed E-state index contributed by atoms with van der Waals surface area (Å²) in [6.45, 7) is 1.27. The minimum atomic E-state index is -1.03. The van der Waals surface area contributed by atoms with E-state index in [-0.39, 0.29) is 11.7 Å². The van der Waals surface area contributed by atoms with Crippen molar-refractivity contribution in [1.82, 2.24) is 5.32 Å². The number of hydrogen-bond donors (Lipinski definition) is 2. The van der Waals surface area contributed by atoms with Gasteiger partial charge in [-0.1, -0.05) is 0 Å². The molecule has 1 atom stereocenters. The van der Waals surface area contributed by atoms with Crippen molar-refractivity contribution in [3.8, 4) is 0 Å². The molecule has 1 saturated heterocycles. The molecule has 1 amide bonds. The van der Waals surface area contributed by atoms with Crippen molar-refractivity contribution in [1.29, 1.82) is 0 Å². The van der Waals surface area contributed by atoms with Crippen molar-refractivity contribution in [2.24, 2.45) is 0 Å². The smallest absolute Gasteiger partial charge is 0.404 e. The summed E-state index contributed by atoms with van der Waals surface area (Å²) in [5.41, 5.74) is 0.857. The zero-order valence-corrected chi connectivity index (χ0v) is 11.5. The number of hydrogen-bond acceptors (Lipinski definition) is 4. The Balaban J connectivity index is 2.11. The third-order valence-electron chi connectivity index (χ3n) is 3.00. The van der Waals surface area contributed by atoms with E-state index in [2.05, 4.69) is 21.2 Å². The Morgan fingerprint density at radius 3 is 2.89 bits per heavy atom. The Morgan fingerprint density at radius 1 is 1.58 bits per heavy atom. The topological polar surface area (TPSA) is 95.7 Å². The average Bonchev–Trinajstić information content (AvgIpc) is 2.76. The number of nitrogens with one attached hydrogen (secondary N) is 1. The summed E-state index contributed by atoms with van der Waals surface area (Å²) in [6.07, 6.45) is -0.315. The molecule has 1 heterocycles. The minimum absolute atomic E-state index is 0.0232. The lowest BCUT2D eigenvalue weighted by Gasteiger charge is -2.20. The maximum Gasteiger partial charge on any atom is 0.404 e. The maximum absolute atomic E-state index is 10.7. The Hall–Kier alpha value is -1.83. The van der Waals surface area contributed by atoms with Crippen LogP contribution in [0, 0.1) is 10.1 Å². The quantitative estimate of drug-likeness (QED) is 0.654. The molecule has 0 saturated carbocycles. The highest BCUT2D eigenvalue weighted by molar-refractivity contribution is 9.10. The number of rotatable bonds is 3. The number of nitro groups is 1. The summed E-state index contributed by atoms with van der Waals surface area (Å²) >= 11 is 3.31. The van der Waals surface area contributed by atoms with E-state index < -0.39 is 11.0 Å². The number of anilines is 1. The average molecular weight is 330 g/mol. The van der Waals surface area contributed by atoms with Crippen LogP contribution in [-0.4, -0.2) is 35.3 Å². The van der Waals surface area contributed by atoms with Crippen LogP contribution in [0.15, 0.2) is 22.7 Å². The molecule has 2 N–H and O–H groups in total. The molecule has 0 bridgehead atoms. The van der Waals surface area contributed by atoms with Gasteiger partial charge in [0, 0.05) is 29.7 Å². The molecule has 8 heteroatoms. The van der Waals surface area contributed by atoms with Crippen molar-refractivity contribution in [2.45, 2.75) is 12.5 Å². The number of amides is 1. The summed E-state index contributed by atoms with van der Waals surface area (Å²) in [5, 5.41) is 21.8. The number of benzene rings is 1. The van der Waals surface area contributed by atoms with Crippen LogP contribution in [-0.2, 0) is 0 Å². The van der Waals surface area contributed by atoms with E-state index in [4.69, 9.17) is 5.11 Å². The summed E-state index contributed by atoms with van der Waals surface area (Å²) in [4.78, 5) is 22.8. The Kier molecular flexibility index (Phi) is 3.89. The van der Waals surface area contributed by atoms with E-state index in [0.29, 0.717) is 17.6 Å². The fraction of sp³-hybridized carbons (Fsp3) is 0.364. The molecule has 1 aliphatic rings. The van der Waals surface area contributed by atoms with Gasteiger partial charge in [-0.3, -0.25) is 10.1 Å². The van der Waals surface area contributed by atoms with Crippen LogP contribution in [0.25, 0.3) is 0 Å². The van der Waals surface area contributed by atoms with E-state index in [1.165, 1.54) is 12.1 Å². The van der Waals surface area contributed by atoms with Crippen molar-refractivity contribution < 1.29 is 14.8 Å². The Morgan fingerprint density at radius 2 is 2.32 bits per heavy atom. The monoisotopic (exact) mass is 329 g/mol. The van der Waals surface area contributed by atoms with Gasteiger partial charge in [0.2, 0.25) is 0 Å². The van der Waals surface area contributed by atoms with Gasteiger partial charge in [-0.05, 0) is 28.4 Å². The van der Waals surface area contributed by atoms with Crippen molar-refractivity contribution in [3.63, 3.8) is 0 Å². The molecule has 102 valence electrons. The van der Waals surface area contributed by atoms with E-state index in [1.54, 1.807) is 6.07 Å². The predicted octanol–water partition coefficient (Wildman–Crippen LogP) is 2.20. The van der Waals surface area contributed by atoms with Gasteiger partial charge in [0.25, 0.3) is 5.69 Å². The van der Waals surface area contributed by atoms with Gasteiger partial charge in [-0.15, -0.1) is 0 Å². The lowest BCUT2D eigenvalue weighted by Crippen LogP contribution is -2.36. The molecule has 1 aromatic rings. The largest absolute Gasteiger partial charge is 0.465 e. The molecule has 0 aliphatic carbocycles. The molecule has 7 nitrogen and oxygen atoms in total. The highest BCUT2D eigenvalue weighted by atomic mass is 79.9. The fourth-order valence-electron chi connectivity index (χ4n) is 2.14. The molecule has 2 rings (SSSR count). The summed E-state index contributed by atoms with van der Waals surface area (Å²) < 4.78 is 0.637. The first-order valence-corrected chi connectivity index (χ1v) is 6.45. The molecule has 1 aromatic carbocycles. The molecule has 1 aliphatic heterocycles. The summed E-state index contributed by atoms with van der Waals surface area (Å²) in [5.74, 6) is 0. The molecular formula is C11H12BrN3O4. The van der Waals surface area contributed by atoms with E-state index >= 15 is 0 Å². The second kappa shape index (κ2) is 5.43. The number of non-ortho nitro benzene ring substituents is 1. The number of carbonyl (C=O) groups is 1. The molecule has 0 radical (unpaired) electrons. The van der Waals surface area contributed by atoms with Gasteiger partial charge in [0.05, 0.1) is 16.7 Å².